The third-order valence-corrected chi connectivity index (χ3v) is 8.64. The van der Waals surface area contributed by atoms with Crippen LogP contribution in [0.4, 0.5) is 15.8 Å². The molecule has 0 bridgehead atoms. The number of hydrogen-bond acceptors (Lipinski definition) is 6. The highest BCUT2D eigenvalue weighted by molar-refractivity contribution is 7.94. The van der Waals surface area contributed by atoms with E-state index >= 15 is 0 Å². The van der Waals surface area contributed by atoms with Crippen molar-refractivity contribution in [1.29, 1.82) is 0 Å². The Morgan fingerprint density at radius 1 is 1.03 bits per heavy atom. The van der Waals surface area contributed by atoms with Crippen molar-refractivity contribution < 1.29 is 22.3 Å². The van der Waals surface area contributed by atoms with E-state index in [-0.39, 0.29) is 22.3 Å². The van der Waals surface area contributed by atoms with Crippen LogP contribution in [0.25, 0.3) is 0 Å². The van der Waals surface area contributed by atoms with Gasteiger partial charge in [-0.15, -0.1) is 11.3 Å². The van der Waals surface area contributed by atoms with E-state index in [1.165, 1.54) is 30.3 Å². The maximum atomic E-state index is 13.4. The van der Waals surface area contributed by atoms with Crippen LogP contribution in [0.1, 0.15) is 0 Å². The Kier molecular flexibility index (Phi) is 6.85. The lowest BCUT2D eigenvalue weighted by Gasteiger charge is -2.37. The second-order valence-corrected chi connectivity index (χ2v) is 10.5. The predicted octanol–water partition coefficient (Wildman–Crippen LogP) is 3.44. The lowest BCUT2D eigenvalue weighted by Crippen LogP contribution is -2.52. The van der Waals surface area contributed by atoms with Gasteiger partial charge in [0.15, 0.2) is 0 Å². The molecule has 1 aliphatic rings. The summed E-state index contributed by atoms with van der Waals surface area (Å²) in [5, 5.41) is 1.66. The van der Waals surface area contributed by atoms with Gasteiger partial charge in [-0.25, -0.2) is 12.8 Å². The molecule has 0 radical (unpaired) electrons. The molecular weight excluding hydrogens is 465 g/mol. The van der Waals surface area contributed by atoms with Gasteiger partial charge in [0.05, 0.1) is 18.5 Å². The fourth-order valence-corrected chi connectivity index (χ4v) is 6.27. The van der Waals surface area contributed by atoms with Gasteiger partial charge in [0, 0.05) is 26.2 Å². The first-order valence-electron chi connectivity index (χ1n) is 10.4. The molecule has 2 heterocycles. The largest absolute Gasteiger partial charge is 0.495 e. The van der Waals surface area contributed by atoms with Crippen molar-refractivity contribution in [3.63, 3.8) is 0 Å². The summed E-state index contributed by atoms with van der Waals surface area (Å²) < 4.78 is 46.6. The number of benzene rings is 2. The van der Waals surface area contributed by atoms with E-state index in [1.807, 2.05) is 24.3 Å². The fraction of sp³-hybridized carbons (Fsp3) is 0.261. The number of nitrogens with zero attached hydrogens (tertiary/aromatic N) is 3. The SMILES string of the molecule is COc1ccccc1N1CCN(C(=O)CN(c2ccc(F)cc2)S(=O)(=O)c2cccs2)CC1. The molecule has 33 heavy (non-hydrogen) atoms. The molecular formula is C23H24FN3O4S2. The summed E-state index contributed by atoms with van der Waals surface area (Å²) in [6.45, 7) is 1.74. The van der Waals surface area contributed by atoms with Crippen LogP contribution >= 0.6 is 11.3 Å². The molecule has 0 unspecified atom stereocenters. The molecule has 0 saturated carbocycles. The third kappa shape index (κ3) is 4.96. The number of carbonyl (C=O) groups is 1. The van der Waals surface area contributed by atoms with Gasteiger partial charge in [0.25, 0.3) is 10.0 Å². The van der Waals surface area contributed by atoms with E-state index in [1.54, 1.807) is 23.5 Å². The lowest BCUT2D eigenvalue weighted by molar-refractivity contribution is -0.129. The van der Waals surface area contributed by atoms with Crippen molar-refractivity contribution in [3.8, 4) is 5.75 Å². The molecule has 7 nitrogen and oxygen atoms in total. The fourth-order valence-electron chi connectivity index (χ4n) is 3.75. The summed E-state index contributed by atoms with van der Waals surface area (Å²) in [6, 6.07) is 15.9. The molecule has 1 fully saturated rings. The maximum absolute atomic E-state index is 13.4. The average molecular weight is 490 g/mol. The van der Waals surface area contributed by atoms with E-state index in [2.05, 4.69) is 4.90 Å². The first kappa shape index (κ1) is 23.1. The Bertz CT molecular complexity index is 1190. The Morgan fingerprint density at radius 2 is 1.73 bits per heavy atom. The van der Waals surface area contributed by atoms with Gasteiger partial charge in [0.1, 0.15) is 22.3 Å². The first-order valence-corrected chi connectivity index (χ1v) is 12.7. The summed E-state index contributed by atoms with van der Waals surface area (Å²) in [6.07, 6.45) is 0. The number of piperazine rings is 1. The zero-order chi connectivity index (χ0) is 23.4. The quantitative estimate of drug-likeness (QED) is 0.509. The first-order chi connectivity index (χ1) is 15.9. The van der Waals surface area contributed by atoms with Crippen LogP contribution in [0.15, 0.2) is 70.3 Å². The highest BCUT2D eigenvalue weighted by atomic mass is 32.2. The van der Waals surface area contributed by atoms with E-state index in [0.717, 1.165) is 27.1 Å². The second kappa shape index (κ2) is 9.80. The number of amides is 1. The number of hydrogen-bond donors (Lipinski definition) is 0. The smallest absolute Gasteiger partial charge is 0.274 e. The van der Waals surface area contributed by atoms with Crippen molar-refractivity contribution in [2.75, 3.05) is 49.0 Å². The maximum Gasteiger partial charge on any atom is 0.274 e. The highest BCUT2D eigenvalue weighted by Crippen LogP contribution is 2.29. The molecule has 0 aliphatic carbocycles. The van der Waals surface area contributed by atoms with E-state index in [0.29, 0.717) is 26.2 Å². The summed E-state index contributed by atoms with van der Waals surface area (Å²) >= 11 is 1.07. The number of anilines is 2. The Labute approximate surface area is 196 Å². The van der Waals surface area contributed by atoms with Crippen molar-refractivity contribution >= 4 is 38.6 Å². The molecule has 1 aromatic heterocycles. The molecule has 3 aromatic rings. The number of methoxy groups -OCH3 is 1. The van der Waals surface area contributed by atoms with Crippen LogP contribution in [0.5, 0.6) is 5.75 Å². The van der Waals surface area contributed by atoms with Crippen molar-refractivity contribution in [1.82, 2.24) is 4.90 Å². The number of para-hydroxylation sites is 2. The van der Waals surface area contributed by atoms with Crippen molar-refractivity contribution in [2.45, 2.75) is 4.21 Å². The van der Waals surface area contributed by atoms with Crippen LogP contribution in [0.3, 0.4) is 0 Å². The number of carbonyl (C=O) groups excluding carboxylic acids is 1. The van der Waals surface area contributed by atoms with Crippen LogP contribution in [0.2, 0.25) is 0 Å². The molecule has 2 aromatic carbocycles. The van der Waals surface area contributed by atoms with Crippen LogP contribution in [-0.2, 0) is 14.8 Å². The average Bonchev–Trinajstić information content (AvgIpc) is 3.39. The van der Waals surface area contributed by atoms with E-state index < -0.39 is 15.8 Å². The normalized spacial score (nSPS) is 14.2. The van der Waals surface area contributed by atoms with Gasteiger partial charge >= 0.3 is 0 Å². The highest BCUT2D eigenvalue weighted by Gasteiger charge is 2.31. The standard InChI is InChI=1S/C23H24FN3O4S2/c1-31-21-6-3-2-5-20(21)25-12-14-26(15-13-25)22(28)17-27(19-10-8-18(24)9-11-19)33(29,30)23-7-4-16-32-23/h2-11,16H,12-15,17H2,1H3. The topological polar surface area (TPSA) is 70.2 Å². The molecule has 0 spiro atoms. The van der Waals surface area contributed by atoms with Gasteiger partial charge in [-0.3, -0.25) is 9.10 Å². The Morgan fingerprint density at radius 3 is 2.36 bits per heavy atom. The molecule has 0 N–H and O–H groups in total. The number of ether oxygens (including phenoxy) is 1. The Balaban J connectivity index is 1.50. The number of rotatable bonds is 7. The molecule has 4 rings (SSSR count). The molecule has 10 heteroatoms. The van der Waals surface area contributed by atoms with Crippen molar-refractivity contribution in [3.05, 3.63) is 71.9 Å². The Hall–Kier alpha value is -3.11. The van der Waals surface area contributed by atoms with Crippen LogP contribution < -0.4 is 13.9 Å². The number of halogens is 1. The summed E-state index contributed by atoms with van der Waals surface area (Å²) in [5.74, 6) is -0.0213. The minimum absolute atomic E-state index is 0.126. The second-order valence-electron chi connectivity index (χ2n) is 7.46. The summed E-state index contributed by atoms with van der Waals surface area (Å²) in [4.78, 5) is 16.9. The zero-order valence-electron chi connectivity index (χ0n) is 18.1. The summed E-state index contributed by atoms with van der Waals surface area (Å²) in [5.41, 5.74) is 1.20. The van der Waals surface area contributed by atoms with Gasteiger partial charge in [-0.05, 0) is 47.8 Å². The molecule has 0 atom stereocenters. The van der Waals surface area contributed by atoms with E-state index in [4.69, 9.17) is 4.74 Å². The van der Waals surface area contributed by atoms with Gasteiger partial charge in [-0.1, -0.05) is 18.2 Å². The predicted molar refractivity (Wildman–Crippen MR) is 127 cm³/mol. The third-order valence-electron chi connectivity index (χ3n) is 5.49. The minimum Gasteiger partial charge on any atom is -0.495 e. The van der Waals surface area contributed by atoms with Crippen LogP contribution in [0, 0.1) is 5.82 Å². The van der Waals surface area contributed by atoms with Gasteiger partial charge in [0.2, 0.25) is 5.91 Å². The lowest BCUT2D eigenvalue weighted by atomic mass is 10.2. The van der Waals surface area contributed by atoms with Gasteiger partial charge in [-0.2, -0.15) is 0 Å². The molecule has 174 valence electrons. The zero-order valence-corrected chi connectivity index (χ0v) is 19.7. The van der Waals surface area contributed by atoms with E-state index in [9.17, 15) is 17.6 Å². The number of sulfonamides is 1. The number of thiophene rings is 1. The molecule has 1 saturated heterocycles. The monoisotopic (exact) mass is 489 g/mol. The minimum atomic E-state index is -3.97. The van der Waals surface area contributed by atoms with Crippen molar-refractivity contribution in [2.24, 2.45) is 0 Å². The summed E-state index contributed by atoms with van der Waals surface area (Å²) in [7, 11) is -2.34. The van der Waals surface area contributed by atoms with Gasteiger partial charge < -0.3 is 14.5 Å². The van der Waals surface area contributed by atoms with Crippen LogP contribution in [-0.4, -0.2) is 59.1 Å². The molecule has 1 amide bonds. The molecule has 1 aliphatic heterocycles.